The van der Waals surface area contributed by atoms with Crippen LogP contribution >= 0.6 is 27.5 Å². The second-order valence-electron chi connectivity index (χ2n) is 4.25. The summed E-state index contributed by atoms with van der Waals surface area (Å²) in [7, 11) is 0. The number of benzene rings is 2. The molecule has 21 heavy (non-hydrogen) atoms. The summed E-state index contributed by atoms with van der Waals surface area (Å²) in [4.78, 5) is 0. The summed E-state index contributed by atoms with van der Waals surface area (Å²) >= 11 is 8.69. The van der Waals surface area contributed by atoms with Crippen molar-refractivity contribution in [2.75, 3.05) is 0 Å². The van der Waals surface area contributed by atoms with Crippen molar-refractivity contribution in [2.45, 2.75) is 12.3 Å². The van der Waals surface area contributed by atoms with E-state index in [4.69, 9.17) is 11.6 Å². The Morgan fingerprint density at radius 1 is 1.05 bits per heavy atom. The van der Waals surface area contributed by atoms with Crippen molar-refractivity contribution in [1.82, 2.24) is 0 Å². The van der Waals surface area contributed by atoms with Crippen LogP contribution in [0, 0.1) is 5.82 Å². The van der Waals surface area contributed by atoms with Gasteiger partial charge in [-0.25, -0.2) is 4.39 Å². The molecule has 1 atom stereocenters. The number of halogens is 6. The SMILES string of the molecule is OC(c1ccccc1C(F)(F)F)c1ccc(Br)c(Cl)c1F. The molecule has 1 nitrogen and oxygen atoms in total. The minimum Gasteiger partial charge on any atom is -0.384 e. The molecular formula is C14H8BrClF4O. The minimum absolute atomic E-state index is 0.252. The average molecular weight is 384 g/mol. The second kappa shape index (κ2) is 5.94. The standard InChI is InChI=1S/C14H8BrClF4O/c15-10-6-5-8(12(17)11(10)16)13(21)7-3-1-2-4-9(7)14(18,19)20/h1-6,13,21H. The van der Waals surface area contributed by atoms with E-state index in [1.165, 1.54) is 24.3 Å². The van der Waals surface area contributed by atoms with E-state index in [1.807, 2.05) is 0 Å². The molecule has 112 valence electrons. The third-order valence-corrected chi connectivity index (χ3v) is 4.18. The van der Waals surface area contributed by atoms with Crippen LogP contribution in [0.4, 0.5) is 17.6 Å². The molecule has 0 bridgehead atoms. The highest BCUT2D eigenvalue weighted by Crippen LogP contribution is 2.38. The van der Waals surface area contributed by atoms with E-state index in [0.29, 0.717) is 0 Å². The monoisotopic (exact) mass is 382 g/mol. The molecule has 7 heteroatoms. The highest BCUT2D eigenvalue weighted by Gasteiger charge is 2.35. The van der Waals surface area contributed by atoms with E-state index in [0.717, 1.165) is 12.1 Å². The van der Waals surface area contributed by atoms with Gasteiger partial charge in [0.15, 0.2) is 0 Å². The van der Waals surface area contributed by atoms with Crippen LogP contribution in [0.25, 0.3) is 0 Å². The Labute approximate surface area is 131 Å². The Bertz CT molecular complexity index is 673. The first-order valence-corrected chi connectivity index (χ1v) is 6.88. The molecule has 0 spiro atoms. The molecule has 0 saturated heterocycles. The molecule has 2 rings (SSSR count). The van der Waals surface area contributed by atoms with Crippen molar-refractivity contribution in [2.24, 2.45) is 0 Å². The quantitative estimate of drug-likeness (QED) is 0.548. The maximum absolute atomic E-state index is 14.0. The predicted octanol–water partition coefficient (Wildman–Crippen LogP) is 5.34. The Morgan fingerprint density at radius 3 is 2.29 bits per heavy atom. The maximum atomic E-state index is 14.0. The van der Waals surface area contributed by atoms with Crippen LogP contribution in [0.1, 0.15) is 22.8 Å². The number of hydrogen-bond acceptors (Lipinski definition) is 1. The van der Waals surface area contributed by atoms with Crippen molar-refractivity contribution < 1.29 is 22.7 Å². The van der Waals surface area contributed by atoms with Crippen molar-refractivity contribution in [1.29, 1.82) is 0 Å². The van der Waals surface area contributed by atoms with Crippen molar-refractivity contribution in [3.05, 3.63) is 68.4 Å². The topological polar surface area (TPSA) is 20.2 Å². The summed E-state index contributed by atoms with van der Waals surface area (Å²) in [5.74, 6) is -0.962. The molecule has 0 amide bonds. The van der Waals surface area contributed by atoms with E-state index in [-0.39, 0.29) is 15.1 Å². The van der Waals surface area contributed by atoms with E-state index >= 15 is 0 Å². The molecular weight excluding hydrogens is 376 g/mol. The molecule has 2 aromatic rings. The van der Waals surface area contributed by atoms with E-state index in [1.54, 1.807) is 0 Å². The predicted molar refractivity (Wildman–Crippen MR) is 74.6 cm³/mol. The van der Waals surface area contributed by atoms with Gasteiger partial charge in [-0.3, -0.25) is 0 Å². The van der Waals surface area contributed by atoms with Gasteiger partial charge in [-0.2, -0.15) is 13.2 Å². The summed E-state index contributed by atoms with van der Waals surface area (Å²) in [5, 5.41) is 9.82. The Balaban J connectivity index is 2.56. The summed E-state index contributed by atoms with van der Waals surface area (Å²) in [6, 6.07) is 7.01. The number of rotatable bonds is 2. The van der Waals surface area contributed by atoms with Gasteiger partial charge in [-0.15, -0.1) is 0 Å². The number of aliphatic hydroxyl groups is 1. The van der Waals surface area contributed by atoms with Crippen LogP contribution in [-0.4, -0.2) is 5.11 Å². The third kappa shape index (κ3) is 3.22. The fraction of sp³-hybridized carbons (Fsp3) is 0.143. The number of aliphatic hydroxyl groups excluding tert-OH is 1. The smallest absolute Gasteiger partial charge is 0.384 e. The fourth-order valence-corrected chi connectivity index (χ4v) is 2.39. The van der Waals surface area contributed by atoms with Crippen molar-refractivity contribution >= 4 is 27.5 Å². The molecule has 0 radical (unpaired) electrons. The highest BCUT2D eigenvalue weighted by molar-refractivity contribution is 9.10. The first kappa shape index (κ1) is 16.3. The zero-order chi connectivity index (χ0) is 15.8. The van der Waals surface area contributed by atoms with E-state index < -0.39 is 29.2 Å². The fourth-order valence-electron chi connectivity index (χ4n) is 1.91. The minimum atomic E-state index is -4.65. The molecule has 0 aromatic heterocycles. The molecule has 1 N–H and O–H groups in total. The van der Waals surface area contributed by atoms with Crippen LogP contribution in [0.3, 0.4) is 0 Å². The molecule has 0 fully saturated rings. The molecule has 2 aromatic carbocycles. The number of alkyl halides is 3. The first-order valence-electron chi connectivity index (χ1n) is 5.71. The average Bonchev–Trinajstić information content (AvgIpc) is 2.43. The van der Waals surface area contributed by atoms with Gasteiger partial charge in [-0.1, -0.05) is 35.9 Å². The molecule has 0 heterocycles. The lowest BCUT2D eigenvalue weighted by molar-refractivity contribution is -0.139. The lowest BCUT2D eigenvalue weighted by Gasteiger charge is -2.18. The van der Waals surface area contributed by atoms with Crippen LogP contribution in [0.15, 0.2) is 40.9 Å². The molecule has 0 aliphatic rings. The van der Waals surface area contributed by atoms with Gasteiger partial charge in [0, 0.05) is 10.0 Å². The van der Waals surface area contributed by atoms with Crippen LogP contribution < -0.4 is 0 Å². The van der Waals surface area contributed by atoms with Crippen molar-refractivity contribution in [3.63, 3.8) is 0 Å². The zero-order valence-corrected chi connectivity index (χ0v) is 12.6. The van der Waals surface area contributed by atoms with Crippen LogP contribution in [0.2, 0.25) is 5.02 Å². The van der Waals surface area contributed by atoms with E-state index in [9.17, 15) is 22.7 Å². The van der Waals surface area contributed by atoms with Crippen molar-refractivity contribution in [3.8, 4) is 0 Å². The van der Waals surface area contributed by atoms with Crippen LogP contribution in [0.5, 0.6) is 0 Å². The molecule has 0 aliphatic carbocycles. The van der Waals surface area contributed by atoms with Gasteiger partial charge in [0.25, 0.3) is 0 Å². The maximum Gasteiger partial charge on any atom is 0.416 e. The first-order chi connectivity index (χ1) is 9.73. The number of hydrogen-bond donors (Lipinski definition) is 1. The molecule has 0 aliphatic heterocycles. The Kier molecular flexibility index (Phi) is 4.60. The van der Waals surface area contributed by atoms with Gasteiger partial charge in [0.05, 0.1) is 10.6 Å². The van der Waals surface area contributed by atoms with Crippen LogP contribution in [-0.2, 0) is 6.18 Å². The highest BCUT2D eigenvalue weighted by atomic mass is 79.9. The second-order valence-corrected chi connectivity index (χ2v) is 5.48. The third-order valence-electron chi connectivity index (χ3n) is 2.92. The summed E-state index contributed by atoms with van der Waals surface area (Å²) in [5.41, 5.74) is -1.77. The molecule has 1 unspecified atom stereocenters. The summed E-state index contributed by atoms with van der Waals surface area (Å²) < 4.78 is 53.1. The Morgan fingerprint density at radius 2 is 1.67 bits per heavy atom. The summed E-state index contributed by atoms with van der Waals surface area (Å²) in [6.45, 7) is 0. The van der Waals surface area contributed by atoms with Gasteiger partial charge in [-0.05, 0) is 33.6 Å². The molecule has 0 saturated carbocycles. The van der Waals surface area contributed by atoms with Gasteiger partial charge >= 0.3 is 6.18 Å². The lowest BCUT2D eigenvalue weighted by Crippen LogP contribution is -2.13. The van der Waals surface area contributed by atoms with Gasteiger partial charge < -0.3 is 5.11 Å². The largest absolute Gasteiger partial charge is 0.416 e. The lowest BCUT2D eigenvalue weighted by atomic mass is 9.96. The van der Waals surface area contributed by atoms with E-state index in [2.05, 4.69) is 15.9 Å². The Hall–Kier alpha value is -1.11. The van der Waals surface area contributed by atoms with Gasteiger partial charge in [0.2, 0.25) is 0 Å². The van der Waals surface area contributed by atoms with Gasteiger partial charge in [0.1, 0.15) is 11.9 Å². The summed E-state index contributed by atoms with van der Waals surface area (Å²) in [6.07, 6.45) is -6.42. The zero-order valence-electron chi connectivity index (χ0n) is 10.3. The normalized spacial score (nSPS) is 13.3.